The smallest absolute Gasteiger partial charge is 0.225 e. The molecule has 1 aromatic heterocycles. The highest BCUT2D eigenvalue weighted by Crippen LogP contribution is 2.14. The molecule has 6 nitrogen and oxygen atoms in total. The Morgan fingerprint density at radius 3 is 2.42 bits per heavy atom. The minimum absolute atomic E-state index is 0.188. The van der Waals surface area contributed by atoms with Crippen LogP contribution in [0.4, 0.5) is 11.6 Å². The summed E-state index contributed by atoms with van der Waals surface area (Å²) in [4.78, 5) is 24.9. The van der Waals surface area contributed by atoms with E-state index in [4.69, 9.17) is 0 Å². The quantitative estimate of drug-likeness (QED) is 0.850. The van der Waals surface area contributed by atoms with Gasteiger partial charge in [-0.25, -0.2) is 9.97 Å². The number of aromatic nitrogens is 2. The Morgan fingerprint density at radius 1 is 1.08 bits per heavy atom. The van der Waals surface area contributed by atoms with Gasteiger partial charge in [-0.1, -0.05) is 15.9 Å². The Morgan fingerprint density at radius 2 is 1.75 bits per heavy atom. The Balaban J connectivity index is 1.41. The SMILES string of the molecule is O=C(CCNc1ccc(Br)cc1)N1CCN(c2ncccn2)CC1. The molecule has 3 rings (SSSR count). The maximum atomic E-state index is 12.3. The number of rotatable bonds is 5. The molecule has 0 unspecified atom stereocenters. The highest BCUT2D eigenvalue weighted by atomic mass is 79.9. The number of carbonyl (C=O) groups is 1. The molecule has 1 N–H and O–H groups in total. The predicted octanol–water partition coefficient (Wildman–Crippen LogP) is 2.39. The van der Waals surface area contributed by atoms with Gasteiger partial charge >= 0.3 is 0 Å². The van der Waals surface area contributed by atoms with Gasteiger partial charge in [0.1, 0.15) is 0 Å². The number of carbonyl (C=O) groups excluding carboxylic acids is 1. The van der Waals surface area contributed by atoms with E-state index in [1.807, 2.05) is 35.2 Å². The monoisotopic (exact) mass is 389 g/mol. The molecule has 0 aliphatic carbocycles. The second-order valence-electron chi connectivity index (χ2n) is 5.60. The molecule has 1 aromatic carbocycles. The third-order valence-electron chi connectivity index (χ3n) is 3.98. The summed E-state index contributed by atoms with van der Waals surface area (Å²) < 4.78 is 1.05. The topological polar surface area (TPSA) is 61.4 Å². The minimum Gasteiger partial charge on any atom is -0.385 e. The lowest BCUT2D eigenvalue weighted by Gasteiger charge is -2.34. The van der Waals surface area contributed by atoms with Crippen LogP contribution in [-0.2, 0) is 4.79 Å². The van der Waals surface area contributed by atoms with E-state index in [-0.39, 0.29) is 5.91 Å². The van der Waals surface area contributed by atoms with Crippen LogP contribution >= 0.6 is 15.9 Å². The molecular formula is C17H20BrN5O. The molecule has 7 heteroatoms. The van der Waals surface area contributed by atoms with E-state index in [1.54, 1.807) is 12.4 Å². The van der Waals surface area contributed by atoms with Gasteiger partial charge in [-0.15, -0.1) is 0 Å². The van der Waals surface area contributed by atoms with E-state index in [1.165, 1.54) is 0 Å². The zero-order valence-corrected chi connectivity index (χ0v) is 14.9. The molecule has 1 amide bonds. The van der Waals surface area contributed by atoms with Crippen LogP contribution in [0.5, 0.6) is 0 Å². The molecule has 2 aromatic rings. The Hall–Kier alpha value is -2.15. The highest BCUT2D eigenvalue weighted by molar-refractivity contribution is 9.10. The standard InChI is InChI=1S/C17H20BrN5O/c18-14-2-4-15(5-3-14)19-9-6-16(24)22-10-12-23(13-11-22)17-20-7-1-8-21-17/h1-5,7-8,19H,6,9-13H2. The number of hydrogen-bond donors (Lipinski definition) is 1. The first-order valence-electron chi connectivity index (χ1n) is 8.01. The van der Waals surface area contributed by atoms with E-state index in [9.17, 15) is 4.79 Å². The summed E-state index contributed by atoms with van der Waals surface area (Å²) in [6.45, 7) is 3.62. The van der Waals surface area contributed by atoms with E-state index >= 15 is 0 Å². The maximum Gasteiger partial charge on any atom is 0.225 e. The van der Waals surface area contributed by atoms with Crippen LogP contribution in [-0.4, -0.2) is 53.5 Å². The van der Waals surface area contributed by atoms with Gasteiger partial charge in [-0.3, -0.25) is 4.79 Å². The Labute approximate surface area is 150 Å². The zero-order chi connectivity index (χ0) is 16.8. The Bertz CT molecular complexity index is 656. The lowest BCUT2D eigenvalue weighted by molar-refractivity contribution is -0.131. The number of amides is 1. The Kier molecular flexibility index (Phi) is 5.63. The van der Waals surface area contributed by atoms with Crippen molar-refractivity contribution in [3.05, 3.63) is 47.2 Å². The van der Waals surface area contributed by atoms with Crippen LogP contribution in [0.25, 0.3) is 0 Å². The van der Waals surface area contributed by atoms with Crippen molar-refractivity contribution >= 4 is 33.5 Å². The molecule has 0 bridgehead atoms. The van der Waals surface area contributed by atoms with Gasteiger partial charge in [0.25, 0.3) is 0 Å². The van der Waals surface area contributed by atoms with E-state index < -0.39 is 0 Å². The average Bonchev–Trinajstić information content (AvgIpc) is 2.64. The van der Waals surface area contributed by atoms with Crippen LogP contribution in [0, 0.1) is 0 Å². The van der Waals surface area contributed by atoms with Crippen molar-refractivity contribution in [3.8, 4) is 0 Å². The van der Waals surface area contributed by atoms with Crippen molar-refractivity contribution in [1.82, 2.24) is 14.9 Å². The normalized spacial score (nSPS) is 14.5. The number of hydrogen-bond acceptors (Lipinski definition) is 5. The third kappa shape index (κ3) is 4.44. The maximum absolute atomic E-state index is 12.3. The van der Waals surface area contributed by atoms with Gasteiger partial charge in [0.05, 0.1) is 0 Å². The molecule has 2 heterocycles. The largest absolute Gasteiger partial charge is 0.385 e. The minimum atomic E-state index is 0.188. The number of halogens is 1. The molecule has 126 valence electrons. The van der Waals surface area contributed by atoms with E-state index in [0.717, 1.165) is 42.3 Å². The van der Waals surface area contributed by atoms with Crippen LogP contribution < -0.4 is 10.2 Å². The van der Waals surface area contributed by atoms with Crippen molar-refractivity contribution in [3.63, 3.8) is 0 Å². The number of piperazine rings is 1. The van der Waals surface area contributed by atoms with E-state index in [0.29, 0.717) is 13.0 Å². The fraction of sp³-hybridized carbons (Fsp3) is 0.353. The molecule has 24 heavy (non-hydrogen) atoms. The van der Waals surface area contributed by atoms with Crippen LogP contribution in [0.2, 0.25) is 0 Å². The van der Waals surface area contributed by atoms with Crippen LogP contribution in [0.1, 0.15) is 6.42 Å². The van der Waals surface area contributed by atoms with Crippen LogP contribution in [0.3, 0.4) is 0 Å². The van der Waals surface area contributed by atoms with Crippen molar-refractivity contribution in [2.45, 2.75) is 6.42 Å². The molecule has 0 radical (unpaired) electrons. The fourth-order valence-electron chi connectivity index (χ4n) is 2.65. The summed E-state index contributed by atoms with van der Waals surface area (Å²) in [6.07, 6.45) is 3.99. The van der Waals surface area contributed by atoms with Gasteiger partial charge in [-0.05, 0) is 30.3 Å². The van der Waals surface area contributed by atoms with E-state index in [2.05, 4.69) is 36.1 Å². The molecule has 1 aliphatic heterocycles. The van der Waals surface area contributed by atoms with Crippen molar-refractivity contribution < 1.29 is 4.79 Å². The van der Waals surface area contributed by atoms with Crippen molar-refractivity contribution in [1.29, 1.82) is 0 Å². The molecule has 1 aliphatic rings. The molecule has 0 saturated carbocycles. The molecule has 0 atom stereocenters. The number of benzene rings is 1. The second-order valence-corrected chi connectivity index (χ2v) is 6.52. The van der Waals surface area contributed by atoms with Gasteiger partial charge in [0, 0.05) is 61.7 Å². The van der Waals surface area contributed by atoms with Crippen LogP contribution in [0.15, 0.2) is 47.2 Å². The number of nitrogens with one attached hydrogen (secondary N) is 1. The summed E-state index contributed by atoms with van der Waals surface area (Å²) in [5.41, 5.74) is 1.03. The lowest BCUT2D eigenvalue weighted by atomic mass is 10.2. The number of anilines is 2. The first-order valence-corrected chi connectivity index (χ1v) is 8.81. The number of nitrogens with zero attached hydrogens (tertiary/aromatic N) is 4. The van der Waals surface area contributed by atoms with Gasteiger partial charge < -0.3 is 15.1 Å². The summed E-state index contributed by atoms with van der Waals surface area (Å²) in [6, 6.07) is 9.76. The average molecular weight is 390 g/mol. The second kappa shape index (κ2) is 8.10. The van der Waals surface area contributed by atoms with Gasteiger partial charge in [0.15, 0.2) is 0 Å². The summed E-state index contributed by atoms with van der Waals surface area (Å²) in [7, 11) is 0. The first kappa shape index (κ1) is 16.7. The highest BCUT2D eigenvalue weighted by Gasteiger charge is 2.21. The van der Waals surface area contributed by atoms with Crippen molar-refractivity contribution in [2.75, 3.05) is 42.9 Å². The molecular weight excluding hydrogens is 370 g/mol. The zero-order valence-electron chi connectivity index (χ0n) is 13.4. The third-order valence-corrected chi connectivity index (χ3v) is 4.51. The van der Waals surface area contributed by atoms with Gasteiger partial charge in [-0.2, -0.15) is 0 Å². The molecule has 1 fully saturated rings. The van der Waals surface area contributed by atoms with Crippen molar-refractivity contribution in [2.24, 2.45) is 0 Å². The van der Waals surface area contributed by atoms with Gasteiger partial charge in [0.2, 0.25) is 11.9 Å². The summed E-state index contributed by atoms with van der Waals surface area (Å²) in [5, 5.41) is 3.28. The fourth-order valence-corrected chi connectivity index (χ4v) is 2.91. The first-order chi connectivity index (χ1) is 11.7. The lowest BCUT2D eigenvalue weighted by Crippen LogP contribution is -2.49. The molecule has 0 spiro atoms. The predicted molar refractivity (Wildman–Crippen MR) is 98.1 cm³/mol. The summed E-state index contributed by atoms with van der Waals surface area (Å²) in [5.74, 6) is 0.926. The summed E-state index contributed by atoms with van der Waals surface area (Å²) >= 11 is 3.41. The molecule has 1 saturated heterocycles.